The van der Waals surface area contributed by atoms with Crippen LogP contribution in [0, 0.1) is 5.92 Å². The van der Waals surface area contributed by atoms with Gasteiger partial charge < -0.3 is 10.1 Å². The molecule has 0 heterocycles. The van der Waals surface area contributed by atoms with Crippen LogP contribution in [0.4, 0.5) is 0 Å². The maximum absolute atomic E-state index is 5.54. The van der Waals surface area contributed by atoms with Gasteiger partial charge in [0.25, 0.3) is 0 Å². The van der Waals surface area contributed by atoms with Gasteiger partial charge in [-0.25, -0.2) is 0 Å². The van der Waals surface area contributed by atoms with Crippen molar-refractivity contribution in [2.24, 2.45) is 5.92 Å². The Balaban J connectivity index is 2.21. The van der Waals surface area contributed by atoms with E-state index in [1.165, 1.54) is 11.1 Å². The Morgan fingerprint density at radius 1 is 1.21 bits per heavy atom. The van der Waals surface area contributed by atoms with E-state index >= 15 is 0 Å². The van der Waals surface area contributed by atoms with Gasteiger partial charge in [-0.1, -0.05) is 44.2 Å². The van der Waals surface area contributed by atoms with Crippen molar-refractivity contribution in [2.75, 3.05) is 19.7 Å². The molecule has 1 N–H and O–H groups in total. The van der Waals surface area contributed by atoms with Crippen LogP contribution in [0.25, 0.3) is 0 Å². The molecule has 0 fully saturated rings. The molecule has 0 amide bonds. The summed E-state index contributed by atoms with van der Waals surface area (Å²) in [5.41, 5.74) is 2.62. The van der Waals surface area contributed by atoms with Gasteiger partial charge in [-0.3, -0.25) is 0 Å². The lowest BCUT2D eigenvalue weighted by atomic mass is 10.1. The zero-order valence-electron chi connectivity index (χ0n) is 12.3. The van der Waals surface area contributed by atoms with Crippen LogP contribution in [0.3, 0.4) is 0 Å². The number of ether oxygens (including phenoxy) is 1. The quantitative estimate of drug-likeness (QED) is 0.513. The van der Waals surface area contributed by atoms with Gasteiger partial charge in [-0.2, -0.15) is 0 Å². The largest absolute Gasteiger partial charge is 0.376 e. The molecule has 0 atom stereocenters. The average Bonchev–Trinajstić information content (AvgIpc) is 2.41. The van der Waals surface area contributed by atoms with Crippen molar-refractivity contribution < 1.29 is 4.74 Å². The van der Waals surface area contributed by atoms with E-state index < -0.39 is 0 Å². The fraction of sp³-hybridized carbons (Fsp3) is 0.529. The van der Waals surface area contributed by atoms with Gasteiger partial charge in [0.2, 0.25) is 0 Å². The molecule has 0 saturated heterocycles. The van der Waals surface area contributed by atoms with Crippen LogP contribution < -0.4 is 5.32 Å². The molecular formula is C17H27NO. The van der Waals surface area contributed by atoms with Crippen molar-refractivity contribution in [1.82, 2.24) is 5.32 Å². The first-order valence-electron chi connectivity index (χ1n) is 7.19. The monoisotopic (exact) mass is 261 g/mol. The molecule has 2 nitrogen and oxygen atoms in total. The lowest BCUT2D eigenvalue weighted by Gasteiger charge is -2.08. The fourth-order valence-corrected chi connectivity index (χ4v) is 1.78. The minimum atomic E-state index is 0.694. The highest BCUT2D eigenvalue weighted by atomic mass is 16.5. The Bertz CT molecular complexity index is 343. The molecule has 1 aromatic rings. The Kier molecular flexibility index (Phi) is 8.19. The third kappa shape index (κ3) is 7.81. The number of hydrogen-bond donors (Lipinski definition) is 1. The maximum atomic E-state index is 5.54. The first-order chi connectivity index (χ1) is 9.22. The van der Waals surface area contributed by atoms with Crippen LogP contribution in [0.2, 0.25) is 0 Å². The van der Waals surface area contributed by atoms with Crippen molar-refractivity contribution in [1.29, 1.82) is 0 Å². The molecule has 0 saturated carbocycles. The lowest BCUT2D eigenvalue weighted by molar-refractivity contribution is 0.125. The van der Waals surface area contributed by atoms with Crippen molar-refractivity contribution >= 4 is 0 Å². The fourth-order valence-electron chi connectivity index (χ4n) is 1.78. The highest BCUT2D eigenvalue weighted by molar-refractivity contribution is 5.22. The minimum absolute atomic E-state index is 0.694. The Labute approximate surface area is 117 Å². The summed E-state index contributed by atoms with van der Waals surface area (Å²) in [4.78, 5) is 0. The summed E-state index contributed by atoms with van der Waals surface area (Å²) in [5.74, 6) is 0.718. The molecule has 1 rings (SSSR count). The molecule has 0 radical (unpaired) electrons. The van der Waals surface area contributed by atoms with Gasteiger partial charge in [0.1, 0.15) is 0 Å². The maximum Gasteiger partial charge on any atom is 0.0717 e. The van der Waals surface area contributed by atoms with E-state index in [-0.39, 0.29) is 0 Å². The first-order valence-corrected chi connectivity index (χ1v) is 7.19. The van der Waals surface area contributed by atoms with Crippen LogP contribution in [-0.4, -0.2) is 19.7 Å². The predicted molar refractivity (Wildman–Crippen MR) is 82.3 cm³/mol. The second kappa shape index (κ2) is 9.76. The SMILES string of the molecule is C=CCCOCc1ccc(CCNCC(C)C)cc1. The minimum Gasteiger partial charge on any atom is -0.376 e. The molecule has 0 bridgehead atoms. The summed E-state index contributed by atoms with van der Waals surface area (Å²) < 4.78 is 5.54. The summed E-state index contributed by atoms with van der Waals surface area (Å²) in [6.45, 7) is 11.7. The lowest BCUT2D eigenvalue weighted by Crippen LogP contribution is -2.22. The van der Waals surface area contributed by atoms with E-state index in [1.54, 1.807) is 0 Å². The van der Waals surface area contributed by atoms with E-state index in [1.807, 2.05) is 6.08 Å². The molecular weight excluding hydrogens is 234 g/mol. The standard InChI is InChI=1S/C17H27NO/c1-4-5-12-19-14-17-8-6-16(7-9-17)10-11-18-13-15(2)3/h4,6-9,15,18H,1,5,10-14H2,2-3H3. The molecule has 0 aromatic heterocycles. The summed E-state index contributed by atoms with van der Waals surface area (Å²) in [7, 11) is 0. The van der Waals surface area contributed by atoms with Crippen molar-refractivity contribution in [2.45, 2.75) is 33.3 Å². The van der Waals surface area contributed by atoms with E-state index in [0.29, 0.717) is 6.61 Å². The molecule has 0 unspecified atom stereocenters. The molecule has 106 valence electrons. The second-order valence-electron chi connectivity index (χ2n) is 5.29. The Morgan fingerprint density at radius 2 is 1.89 bits per heavy atom. The number of hydrogen-bond acceptors (Lipinski definition) is 2. The van der Waals surface area contributed by atoms with Gasteiger partial charge in [0, 0.05) is 0 Å². The molecule has 1 aromatic carbocycles. The molecule has 0 spiro atoms. The highest BCUT2D eigenvalue weighted by Crippen LogP contribution is 2.06. The van der Waals surface area contributed by atoms with Crippen LogP contribution in [0.1, 0.15) is 31.4 Å². The summed E-state index contributed by atoms with van der Waals surface area (Å²) in [6.07, 6.45) is 3.89. The van der Waals surface area contributed by atoms with E-state index in [2.05, 4.69) is 50.0 Å². The number of rotatable bonds is 10. The van der Waals surface area contributed by atoms with Gasteiger partial charge in [0.15, 0.2) is 0 Å². The zero-order valence-corrected chi connectivity index (χ0v) is 12.3. The van der Waals surface area contributed by atoms with E-state index in [4.69, 9.17) is 4.74 Å². The number of nitrogens with one attached hydrogen (secondary N) is 1. The van der Waals surface area contributed by atoms with Crippen molar-refractivity contribution in [3.8, 4) is 0 Å². The van der Waals surface area contributed by atoms with Gasteiger partial charge in [-0.15, -0.1) is 6.58 Å². The molecule has 0 aliphatic carbocycles. The van der Waals surface area contributed by atoms with E-state index in [9.17, 15) is 0 Å². The molecule has 19 heavy (non-hydrogen) atoms. The Hall–Kier alpha value is -1.12. The normalized spacial score (nSPS) is 10.9. The third-order valence-corrected chi connectivity index (χ3v) is 2.90. The highest BCUT2D eigenvalue weighted by Gasteiger charge is 1.97. The van der Waals surface area contributed by atoms with E-state index in [0.717, 1.165) is 38.5 Å². The topological polar surface area (TPSA) is 21.3 Å². The van der Waals surface area contributed by atoms with Crippen LogP contribution >= 0.6 is 0 Å². The van der Waals surface area contributed by atoms with Gasteiger partial charge in [0.05, 0.1) is 13.2 Å². The Morgan fingerprint density at radius 3 is 2.53 bits per heavy atom. The third-order valence-electron chi connectivity index (χ3n) is 2.90. The summed E-state index contributed by atoms with van der Waals surface area (Å²) in [5, 5.41) is 3.46. The van der Waals surface area contributed by atoms with Crippen molar-refractivity contribution in [3.05, 3.63) is 48.0 Å². The second-order valence-corrected chi connectivity index (χ2v) is 5.29. The van der Waals surface area contributed by atoms with Crippen molar-refractivity contribution in [3.63, 3.8) is 0 Å². The predicted octanol–water partition coefficient (Wildman–Crippen LogP) is 3.57. The average molecular weight is 261 g/mol. The van der Waals surface area contributed by atoms with Crippen LogP contribution in [0.5, 0.6) is 0 Å². The molecule has 0 aliphatic rings. The zero-order chi connectivity index (χ0) is 13.9. The summed E-state index contributed by atoms with van der Waals surface area (Å²) >= 11 is 0. The van der Waals surface area contributed by atoms with Crippen LogP contribution in [-0.2, 0) is 17.8 Å². The van der Waals surface area contributed by atoms with Gasteiger partial charge in [-0.05, 0) is 43.0 Å². The smallest absolute Gasteiger partial charge is 0.0717 e. The van der Waals surface area contributed by atoms with Gasteiger partial charge >= 0.3 is 0 Å². The number of benzene rings is 1. The first kappa shape index (κ1) is 15.9. The molecule has 0 aliphatic heterocycles. The summed E-state index contributed by atoms with van der Waals surface area (Å²) in [6, 6.07) is 8.71. The van der Waals surface area contributed by atoms with Crippen LogP contribution in [0.15, 0.2) is 36.9 Å². The molecule has 2 heteroatoms.